The van der Waals surface area contributed by atoms with Gasteiger partial charge in [0.15, 0.2) is 0 Å². The van der Waals surface area contributed by atoms with E-state index in [1.807, 2.05) is 38.1 Å². The fourth-order valence-corrected chi connectivity index (χ4v) is 3.10. The molecular weight excluding hydrogens is 316 g/mol. The summed E-state index contributed by atoms with van der Waals surface area (Å²) >= 11 is 0. The van der Waals surface area contributed by atoms with E-state index < -0.39 is 5.54 Å². The minimum Gasteiger partial charge on any atom is -0.494 e. The lowest BCUT2D eigenvalue weighted by molar-refractivity contribution is -0.141. The number of benzene rings is 1. The van der Waals surface area contributed by atoms with Gasteiger partial charge in [0.1, 0.15) is 11.3 Å². The van der Waals surface area contributed by atoms with Crippen LogP contribution in [0.4, 0.5) is 0 Å². The van der Waals surface area contributed by atoms with Crippen LogP contribution in [-0.2, 0) is 16.1 Å². The maximum Gasteiger partial charge on any atom is 0.245 e. The number of amides is 2. The highest BCUT2D eigenvalue weighted by Gasteiger charge is 2.46. The summed E-state index contributed by atoms with van der Waals surface area (Å²) in [5.41, 5.74) is 0.229. The molecule has 25 heavy (non-hydrogen) atoms. The number of hydrogen-bond acceptors (Lipinski definition) is 3. The van der Waals surface area contributed by atoms with E-state index in [9.17, 15) is 9.59 Å². The van der Waals surface area contributed by atoms with Gasteiger partial charge < -0.3 is 15.0 Å². The van der Waals surface area contributed by atoms with Gasteiger partial charge in [0.05, 0.1) is 6.61 Å². The van der Waals surface area contributed by atoms with Gasteiger partial charge in [0.2, 0.25) is 11.8 Å². The predicted octanol–water partition coefficient (Wildman–Crippen LogP) is 3.13. The lowest BCUT2D eigenvalue weighted by atomic mass is 9.96. The summed E-state index contributed by atoms with van der Waals surface area (Å²) in [6.07, 6.45) is 1.93. The zero-order chi connectivity index (χ0) is 18.4. The molecule has 0 aromatic heterocycles. The maximum atomic E-state index is 12.7. The molecule has 2 rings (SSSR count). The van der Waals surface area contributed by atoms with Crippen LogP contribution in [0, 0.1) is 5.92 Å². The van der Waals surface area contributed by atoms with E-state index in [0.29, 0.717) is 38.5 Å². The molecule has 0 saturated carbocycles. The molecule has 0 aliphatic carbocycles. The number of nitrogens with zero attached hydrogens (tertiary/aromatic N) is 1. The summed E-state index contributed by atoms with van der Waals surface area (Å²) in [5, 5.41) is 3.01. The smallest absolute Gasteiger partial charge is 0.245 e. The topological polar surface area (TPSA) is 58.6 Å². The Morgan fingerprint density at radius 1 is 1.32 bits per heavy atom. The molecule has 1 heterocycles. The van der Waals surface area contributed by atoms with Crippen LogP contribution in [-0.4, -0.2) is 35.4 Å². The summed E-state index contributed by atoms with van der Waals surface area (Å²) in [6.45, 7) is 9.79. The molecule has 0 bridgehead atoms. The van der Waals surface area contributed by atoms with Crippen molar-refractivity contribution in [3.8, 4) is 5.75 Å². The molecule has 0 radical (unpaired) electrons. The fourth-order valence-electron chi connectivity index (χ4n) is 3.10. The monoisotopic (exact) mass is 346 g/mol. The van der Waals surface area contributed by atoms with Gasteiger partial charge in [-0.15, -0.1) is 0 Å². The average molecular weight is 346 g/mol. The number of carbonyl (C=O) groups is 2. The van der Waals surface area contributed by atoms with Crippen LogP contribution < -0.4 is 10.1 Å². The molecule has 5 nitrogen and oxygen atoms in total. The summed E-state index contributed by atoms with van der Waals surface area (Å²) in [4.78, 5) is 26.8. The highest BCUT2D eigenvalue weighted by Crippen LogP contribution is 2.32. The minimum absolute atomic E-state index is 0.0374. The third kappa shape index (κ3) is 4.74. The van der Waals surface area contributed by atoms with E-state index in [2.05, 4.69) is 19.2 Å². The Bertz CT molecular complexity index is 597. The lowest BCUT2D eigenvalue weighted by Gasteiger charge is -2.34. The van der Waals surface area contributed by atoms with E-state index in [-0.39, 0.29) is 11.8 Å². The molecule has 1 aliphatic heterocycles. The van der Waals surface area contributed by atoms with Crippen LogP contribution >= 0.6 is 0 Å². The van der Waals surface area contributed by atoms with E-state index in [1.165, 1.54) is 0 Å². The zero-order valence-electron chi connectivity index (χ0n) is 15.8. The molecular formula is C20H30N2O3. The van der Waals surface area contributed by atoms with Gasteiger partial charge in [-0.1, -0.05) is 26.0 Å². The SMILES string of the molecule is CCOc1ccc(CN2C(=O)CC[C@@]2(C)C(=O)NCCC(C)C)cc1. The molecule has 0 unspecified atom stereocenters. The van der Waals surface area contributed by atoms with Crippen LogP contribution in [0.2, 0.25) is 0 Å². The fraction of sp³-hybridized carbons (Fsp3) is 0.600. The molecule has 1 aromatic carbocycles. The van der Waals surface area contributed by atoms with Gasteiger partial charge in [-0.05, 0) is 50.3 Å². The Balaban J connectivity index is 2.05. The van der Waals surface area contributed by atoms with Crippen molar-refractivity contribution in [2.75, 3.05) is 13.2 Å². The molecule has 1 saturated heterocycles. The van der Waals surface area contributed by atoms with Crippen molar-refractivity contribution in [1.82, 2.24) is 10.2 Å². The van der Waals surface area contributed by atoms with E-state index in [1.54, 1.807) is 4.90 Å². The second-order valence-electron chi connectivity index (χ2n) is 7.27. The number of carbonyl (C=O) groups excluding carboxylic acids is 2. The maximum absolute atomic E-state index is 12.7. The molecule has 0 spiro atoms. The van der Waals surface area contributed by atoms with Crippen LogP contribution in [0.5, 0.6) is 5.75 Å². The summed E-state index contributed by atoms with van der Waals surface area (Å²) in [6, 6.07) is 7.71. The number of ether oxygens (including phenoxy) is 1. The average Bonchev–Trinajstić information content (AvgIpc) is 2.86. The Hall–Kier alpha value is -2.04. The quantitative estimate of drug-likeness (QED) is 0.787. The number of nitrogens with one attached hydrogen (secondary N) is 1. The molecule has 1 aromatic rings. The van der Waals surface area contributed by atoms with Crippen LogP contribution in [0.15, 0.2) is 24.3 Å². The molecule has 1 N–H and O–H groups in total. The van der Waals surface area contributed by atoms with Crippen molar-refractivity contribution in [3.05, 3.63) is 29.8 Å². The van der Waals surface area contributed by atoms with Crippen molar-refractivity contribution in [1.29, 1.82) is 0 Å². The van der Waals surface area contributed by atoms with Crippen LogP contribution in [0.1, 0.15) is 52.5 Å². The zero-order valence-corrected chi connectivity index (χ0v) is 15.8. The first-order valence-electron chi connectivity index (χ1n) is 9.17. The largest absolute Gasteiger partial charge is 0.494 e. The van der Waals surface area contributed by atoms with Gasteiger partial charge in [-0.25, -0.2) is 0 Å². The van der Waals surface area contributed by atoms with E-state index in [0.717, 1.165) is 17.7 Å². The molecule has 1 atom stereocenters. The van der Waals surface area contributed by atoms with Crippen molar-refractivity contribution in [2.45, 2.75) is 59.0 Å². The standard InChI is InChI=1S/C20H30N2O3/c1-5-25-17-8-6-16(7-9-17)14-22-18(23)10-12-20(22,4)19(24)21-13-11-15(2)3/h6-9,15H,5,10-14H2,1-4H3,(H,21,24)/t20-/m0/s1. The lowest BCUT2D eigenvalue weighted by Crippen LogP contribution is -2.54. The molecule has 2 amide bonds. The van der Waals surface area contributed by atoms with Gasteiger partial charge in [-0.3, -0.25) is 9.59 Å². The molecule has 5 heteroatoms. The Morgan fingerprint density at radius 3 is 2.60 bits per heavy atom. The Kier molecular flexibility index (Phi) is 6.45. The summed E-state index contributed by atoms with van der Waals surface area (Å²) in [5.74, 6) is 1.34. The van der Waals surface area contributed by atoms with Gasteiger partial charge in [-0.2, -0.15) is 0 Å². The second kappa shape index (κ2) is 8.37. The molecule has 138 valence electrons. The first-order chi connectivity index (χ1) is 11.9. The van der Waals surface area contributed by atoms with Crippen LogP contribution in [0.25, 0.3) is 0 Å². The van der Waals surface area contributed by atoms with Crippen molar-refractivity contribution < 1.29 is 14.3 Å². The minimum atomic E-state index is -0.771. The number of rotatable bonds is 8. The van der Waals surface area contributed by atoms with E-state index in [4.69, 9.17) is 4.74 Å². The van der Waals surface area contributed by atoms with Crippen molar-refractivity contribution >= 4 is 11.8 Å². The second-order valence-corrected chi connectivity index (χ2v) is 7.27. The first kappa shape index (κ1) is 19.3. The van der Waals surface area contributed by atoms with Crippen molar-refractivity contribution in [2.24, 2.45) is 5.92 Å². The summed E-state index contributed by atoms with van der Waals surface area (Å²) < 4.78 is 5.45. The number of hydrogen-bond donors (Lipinski definition) is 1. The van der Waals surface area contributed by atoms with Crippen LogP contribution in [0.3, 0.4) is 0 Å². The van der Waals surface area contributed by atoms with Gasteiger partial charge in [0, 0.05) is 19.5 Å². The summed E-state index contributed by atoms with van der Waals surface area (Å²) in [7, 11) is 0. The Morgan fingerprint density at radius 2 is 2.00 bits per heavy atom. The highest BCUT2D eigenvalue weighted by atomic mass is 16.5. The molecule has 1 aliphatic rings. The Labute approximate surface area is 150 Å². The molecule has 1 fully saturated rings. The predicted molar refractivity (Wildman–Crippen MR) is 98.3 cm³/mol. The third-order valence-electron chi connectivity index (χ3n) is 4.79. The normalized spacial score (nSPS) is 20.2. The first-order valence-corrected chi connectivity index (χ1v) is 9.17. The number of likely N-dealkylation sites (tertiary alicyclic amines) is 1. The van der Waals surface area contributed by atoms with Crippen molar-refractivity contribution in [3.63, 3.8) is 0 Å². The van der Waals surface area contributed by atoms with Gasteiger partial charge in [0.25, 0.3) is 0 Å². The van der Waals surface area contributed by atoms with E-state index >= 15 is 0 Å². The van der Waals surface area contributed by atoms with Gasteiger partial charge >= 0.3 is 0 Å². The third-order valence-corrected chi connectivity index (χ3v) is 4.79. The highest BCUT2D eigenvalue weighted by molar-refractivity contribution is 5.94.